The molecule has 0 amide bonds. The van der Waals surface area contributed by atoms with Crippen LogP contribution >= 0.6 is 0 Å². The standard InChI is InChI=1S/C44H43NO2S/c1-28-22-30-24-29(2)25-31(23-28)44(30)38-16-10-11-17-41(38)48(46,47)42-27-34(19-21-39(42)44)45(32-12-6-5-7-13-32)33-18-20-36-35-14-8-9-15-37(35)43(3,4)40(36)26-33/h5-21,26-31H,22-25H2,1-4H3/t28?,29?,30-,31-,44?. The number of fused-ring (bicyclic) bond motifs is 5. The fraction of sp³-hybridized carbons (Fsp3) is 0.318. The van der Waals surface area contributed by atoms with Crippen LogP contribution in [-0.4, -0.2) is 8.42 Å². The lowest BCUT2D eigenvalue weighted by atomic mass is 9.46. The molecule has 0 N–H and O–H groups in total. The normalized spacial score (nSPS) is 27.0. The van der Waals surface area contributed by atoms with Gasteiger partial charge in [0, 0.05) is 27.9 Å². The van der Waals surface area contributed by atoms with Gasteiger partial charge in [-0.3, -0.25) is 0 Å². The van der Waals surface area contributed by atoms with Crippen molar-refractivity contribution in [3.8, 4) is 11.1 Å². The molecule has 2 bridgehead atoms. The van der Waals surface area contributed by atoms with Gasteiger partial charge in [-0.1, -0.05) is 100 Å². The van der Waals surface area contributed by atoms with Crippen LogP contribution in [0.4, 0.5) is 17.1 Å². The van der Waals surface area contributed by atoms with Crippen molar-refractivity contribution in [2.24, 2.45) is 23.7 Å². The van der Waals surface area contributed by atoms with E-state index in [0.717, 1.165) is 53.9 Å². The molecule has 0 unspecified atom stereocenters. The minimum atomic E-state index is -3.75. The monoisotopic (exact) mass is 649 g/mol. The molecule has 1 spiro atoms. The number of para-hydroxylation sites is 1. The first-order valence-electron chi connectivity index (χ1n) is 17.7. The summed E-state index contributed by atoms with van der Waals surface area (Å²) in [4.78, 5) is 3.25. The molecule has 3 nitrogen and oxygen atoms in total. The molecule has 5 aromatic carbocycles. The first-order valence-corrected chi connectivity index (χ1v) is 19.2. The molecule has 4 aliphatic rings. The van der Waals surface area contributed by atoms with Gasteiger partial charge in [-0.25, -0.2) is 8.42 Å². The van der Waals surface area contributed by atoms with Crippen LogP contribution in [-0.2, 0) is 20.7 Å². The third-order valence-corrected chi connectivity index (χ3v) is 14.3. The van der Waals surface area contributed by atoms with E-state index < -0.39 is 9.84 Å². The molecule has 1 heterocycles. The minimum Gasteiger partial charge on any atom is -0.310 e. The van der Waals surface area contributed by atoms with E-state index in [0.29, 0.717) is 33.5 Å². The molecule has 2 fully saturated rings. The molecule has 0 aromatic heterocycles. The lowest BCUT2D eigenvalue weighted by molar-refractivity contribution is 0.0231. The minimum absolute atomic E-state index is 0.146. The van der Waals surface area contributed by atoms with Gasteiger partial charge in [-0.15, -0.1) is 0 Å². The van der Waals surface area contributed by atoms with Gasteiger partial charge < -0.3 is 4.90 Å². The Kier molecular flexibility index (Phi) is 6.50. The Hall–Kier alpha value is -4.15. The third kappa shape index (κ3) is 4.02. The van der Waals surface area contributed by atoms with E-state index >= 15 is 0 Å². The molecule has 0 atom stereocenters. The topological polar surface area (TPSA) is 37.4 Å². The Morgan fingerprint density at radius 3 is 1.79 bits per heavy atom. The van der Waals surface area contributed by atoms with Gasteiger partial charge >= 0.3 is 0 Å². The zero-order valence-corrected chi connectivity index (χ0v) is 29.1. The van der Waals surface area contributed by atoms with Crippen molar-refractivity contribution in [2.75, 3.05) is 4.90 Å². The Labute approximate surface area is 285 Å². The van der Waals surface area contributed by atoms with Crippen LogP contribution in [0.25, 0.3) is 11.1 Å². The molecule has 3 aliphatic carbocycles. The molecule has 0 radical (unpaired) electrons. The first-order chi connectivity index (χ1) is 23.1. The number of hydrogen-bond donors (Lipinski definition) is 0. The van der Waals surface area contributed by atoms with Crippen molar-refractivity contribution >= 4 is 26.9 Å². The van der Waals surface area contributed by atoms with Crippen molar-refractivity contribution in [3.05, 3.63) is 138 Å². The van der Waals surface area contributed by atoms with Gasteiger partial charge in [-0.05, 0) is 125 Å². The lowest BCUT2D eigenvalue weighted by Gasteiger charge is -2.59. The van der Waals surface area contributed by atoms with Crippen LogP contribution in [0.3, 0.4) is 0 Å². The van der Waals surface area contributed by atoms with Gasteiger partial charge in [0.05, 0.1) is 9.79 Å². The highest BCUT2D eigenvalue weighted by molar-refractivity contribution is 7.91. The number of benzene rings is 5. The molecule has 9 rings (SSSR count). The van der Waals surface area contributed by atoms with Gasteiger partial charge in [0.25, 0.3) is 0 Å². The average molecular weight is 650 g/mol. The maximum atomic E-state index is 14.8. The Balaban J connectivity index is 1.26. The number of anilines is 3. The van der Waals surface area contributed by atoms with Crippen LogP contribution in [0.15, 0.2) is 125 Å². The predicted octanol–water partition coefficient (Wildman–Crippen LogP) is 11.0. The first kappa shape index (κ1) is 29.9. The third-order valence-electron chi connectivity index (χ3n) is 12.5. The van der Waals surface area contributed by atoms with Crippen molar-refractivity contribution in [3.63, 3.8) is 0 Å². The van der Waals surface area contributed by atoms with E-state index in [1.54, 1.807) is 0 Å². The van der Waals surface area contributed by atoms with Crippen LogP contribution in [0.5, 0.6) is 0 Å². The number of hydrogen-bond acceptors (Lipinski definition) is 3. The molecular formula is C44H43NO2S. The van der Waals surface area contributed by atoms with Crippen molar-refractivity contribution in [2.45, 2.75) is 74.0 Å². The van der Waals surface area contributed by atoms with E-state index in [1.807, 2.05) is 24.3 Å². The molecule has 48 heavy (non-hydrogen) atoms. The van der Waals surface area contributed by atoms with E-state index in [1.165, 1.54) is 22.3 Å². The smallest absolute Gasteiger partial charge is 0.207 e. The number of sulfone groups is 1. The van der Waals surface area contributed by atoms with Gasteiger partial charge in [0.1, 0.15) is 0 Å². The van der Waals surface area contributed by atoms with E-state index in [9.17, 15) is 8.42 Å². The highest BCUT2D eigenvalue weighted by Gasteiger charge is 2.59. The van der Waals surface area contributed by atoms with Crippen LogP contribution in [0, 0.1) is 23.7 Å². The Bertz CT molecular complexity index is 2170. The van der Waals surface area contributed by atoms with Crippen LogP contribution in [0.2, 0.25) is 0 Å². The highest BCUT2D eigenvalue weighted by Crippen LogP contribution is 2.64. The maximum absolute atomic E-state index is 14.8. The van der Waals surface area contributed by atoms with Gasteiger partial charge in [0.2, 0.25) is 9.84 Å². The van der Waals surface area contributed by atoms with Crippen molar-refractivity contribution in [1.29, 1.82) is 0 Å². The molecule has 4 heteroatoms. The summed E-state index contributed by atoms with van der Waals surface area (Å²) in [6, 6.07) is 40.2. The van der Waals surface area contributed by atoms with Crippen molar-refractivity contribution < 1.29 is 8.42 Å². The van der Waals surface area contributed by atoms with E-state index in [4.69, 9.17) is 0 Å². The fourth-order valence-corrected chi connectivity index (χ4v) is 12.5. The maximum Gasteiger partial charge on any atom is 0.207 e. The van der Waals surface area contributed by atoms with Gasteiger partial charge in [0.15, 0.2) is 0 Å². The molecule has 5 aromatic rings. The second-order valence-corrected chi connectivity index (χ2v) is 17.6. The fourth-order valence-electron chi connectivity index (χ4n) is 10.7. The van der Waals surface area contributed by atoms with E-state index in [2.05, 4.69) is 124 Å². The van der Waals surface area contributed by atoms with Crippen LogP contribution in [0.1, 0.15) is 75.6 Å². The summed E-state index contributed by atoms with van der Waals surface area (Å²) in [5.74, 6) is 2.13. The molecule has 0 saturated heterocycles. The Morgan fingerprint density at radius 1 is 0.542 bits per heavy atom. The summed E-state index contributed by atoms with van der Waals surface area (Å²) in [7, 11) is -3.75. The summed E-state index contributed by atoms with van der Waals surface area (Å²) in [6.07, 6.45) is 4.55. The summed E-state index contributed by atoms with van der Waals surface area (Å²) < 4.78 is 29.5. The zero-order chi connectivity index (χ0) is 33.0. The molecule has 242 valence electrons. The second-order valence-electron chi connectivity index (χ2n) is 15.7. The SMILES string of the molecule is CC1C[C@H]2CC(C)C[C@H](C1)C21c2ccccc2S(=O)(=O)c2cc(N(c3ccccc3)c3ccc4c(c3)C(C)(C)c3ccccc3-4)ccc21. The predicted molar refractivity (Wildman–Crippen MR) is 195 cm³/mol. The average Bonchev–Trinajstić information content (AvgIpc) is 3.30. The van der Waals surface area contributed by atoms with Crippen molar-refractivity contribution in [1.82, 2.24) is 0 Å². The van der Waals surface area contributed by atoms with Crippen LogP contribution < -0.4 is 4.90 Å². The van der Waals surface area contributed by atoms with E-state index in [-0.39, 0.29) is 10.8 Å². The second kappa shape index (κ2) is 10.4. The summed E-state index contributed by atoms with van der Waals surface area (Å²) in [6.45, 7) is 9.40. The summed E-state index contributed by atoms with van der Waals surface area (Å²) >= 11 is 0. The zero-order valence-electron chi connectivity index (χ0n) is 28.3. The number of nitrogens with zero attached hydrogens (tertiary/aromatic N) is 1. The molecule has 2 saturated carbocycles. The largest absolute Gasteiger partial charge is 0.310 e. The molecular weight excluding hydrogens is 607 g/mol. The summed E-state index contributed by atoms with van der Waals surface area (Å²) in [5.41, 5.74) is 9.74. The lowest BCUT2D eigenvalue weighted by Crippen LogP contribution is -2.54. The van der Waals surface area contributed by atoms with Gasteiger partial charge in [-0.2, -0.15) is 0 Å². The summed E-state index contributed by atoms with van der Waals surface area (Å²) in [5, 5.41) is 0. The quantitative estimate of drug-likeness (QED) is 0.195. The Morgan fingerprint density at radius 2 is 1.08 bits per heavy atom. The highest BCUT2D eigenvalue weighted by atomic mass is 32.2. The number of rotatable bonds is 3. The molecule has 1 aliphatic heterocycles.